The van der Waals surface area contributed by atoms with Crippen LogP contribution in [0.25, 0.3) is 0 Å². The van der Waals surface area contributed by atoms with Crippen LogP contribution >= 0.6 is 0 Å². The van der Waals surface area contributed by atoms with E-state index in [1.54, 1.807) is 0 Å². The summed E-state index contributed by atoms with van der Waals surface area (Å²) < 4.78 is 63.5. The van der Waals surface area contributed by atoms with Crippen LogP contribution in [0.4, 0.5) is 13.2 Å². The molecule has 0 aliphatic heterocycles. The maximum Gasteiger partial charge on any atom is 0.518 e. The number of guanidine groups is 1. The molecular formula is C14H24F3N3O2S. The van der Waals surface area contributed by atoms with Crippen LogP contribution in [0, 0.1) is 0 Å². The number of hydrogen-bond donors (Lipinski definition) is 2. The van der Waals surface area contributed by atoms with Crippen molar-refractivity contribution in [2.75, 3.05) is 0 Å². The molecule has 0 unspecified atom stereocenters. The molecule has 0 aromatic heterocycles. The van der Waals surface area contributed by atoms with E-state index in [1.165, 1.54) is 0 Å². The Morgan fingerprint density at radius 1 is 0.826 bits per heavy atom. The topological polar surface area (TPSA) is 70.6 Å². The molecule has 23 heavy (non-hydrogen) atoms. The van der Waals surface area contributed by atoms with Crippen molar-refractivity contribution in [1.29, 1.82) is 0 Å². The molecular weight excluding hydrogens is 331 g/mol. The highest BCUT2D eigenvalue weighted by molar-refractivity contribution is 7.91. The first-order chi connectivity index (χ1) is 10.8. The fourth-order valence-corrected chi connectivity index (χ4v) is 3.60. The van der Waals surface area contributed by atoms with Gasteiger partial charge in [-0.25, -0.2) is 0 Å². The van der Waals surface area contributed by atoms with Crippen LogP contribution in [0.3, 0.4) is 0 Å². The number of alkyl halides is 3. The van der Waals surface area contributed by atoms with Crippen LogP contribution in [0.1, 0.15) is 64.2 Å². The normalized spacial score (nSPS) is 21.7. The van der Waals surface area contributed by atoms with Crippen molar-refractivity contribution >= 4 is 16.0 Å². The van der Waals surface area contributed by atoms with Crippen molar-refractivity contribution in [3.05, 3.63) is 0 Å². The minimum absolute atomic E-state index is 0.0259. The number of rotatable bonds is 3. The van der Waals surface area contributed by atoms with E-state index < -0.39 is 15.5 Å². The van der Waals surface area contributed by atoms with E-state index in [1.807, 2.05) is 0 Å². The van der Waals surface area contributed by atoms with Crippen molar-refractivity contribution in [2.24, 2.45) is 4.40 Å². The summed E-state index contributed by atoms with van der Waals surface area (Å²) in [6.45, 7) is 0. The van der Waals surface area contributed by atoms with Gasteiger partial charge in [-0.3, -0.25) is 0 Å². The summed E-state index contributed by atoms with van der Waals surface area (Å²) >= 11 is 0. The van der Waals surface area contributed by atoms with Gasteiger partial charge in [0, 0.05) is 12.1 Å². The number of hydrogen-bond acceptors (Lipinski definition) is 2. The molecule has 0 amide bonds. The van der Waals surface area contributed by atoms with E-state index in [0.717, 1.165) is 64.2 Å². The number of halogens is 3. The van der Waals surface area contributed by atoms with Gasteiger partial charge in [-0.1, -0.05) is 38.5 Å². The zero-order valence-electron chi connectivity index (χ0n) is 13.0. The lowest BCUT2D eigenvalue weighted by atomic mass is 9.95. The van der Waals surface area contributed by atoms with E-state index in [-0.39, 0.29) is 18.0 Å². The highest BCUT2D eigenvalue weighted by Crippen LogP contribution is 2.25. The molecule has 0 bridgehead atoms. The minimum atomic E-state index is -5.54. The highest BCUT2D eigenvalue weighted by Gasteiger charge is 2.46. The summed E-state index contributed by atoms with van der Waals surface area (Å²) in [5.74, 6) is -0.249. The van der Waals surface area contributed by atoms with E-state index in [9.17, 15) is 21.6 Å². The Labute approximate surface area is 135 Å². The predicted molar refractivity (Wildman–Crippen MR) is 82.4 cm³/mol. The lowest BCUT2D eigenvalue weighted by Crippen LogP contribution is -2.49. The second kappa shape index (κ2) is 7.72. The van der Waals surface area contributed by atoms with Crippen molar-refractivity contribution < 1.29 is 21.6 Å². The summed E-state index contributed by atoms with van der Waals surface area (Å²) in [6.07, 6.45) is 9.41. The van der Waals surface area contributed by atoms with E-state index >= 15 is 0 Å². The van der Waals surface area contributed by atoms with Crippen LogP contribution in [0.2, 0.25) is 0 Å². The van der Waals surface area contributed by atoms with E-state index in [0.29, 0.717) is 0 Å². The first-order valence-corrected chi connectivity index (χ1v) is 9.66. The zero-order valence-corrected chi connectivity index (χ0v) is 13.8. The Hall–Kier alpha value is -0.990. The largest absolute Gasteiger partial charge is 0.518 e. The monoisotopic (exact) mass is 355 g/mol. The van der Waals surface area contributed by atoms with Crippen molar-refractivity contribution in [2.45, 2.75) is 81.8 Å². The van der Waals surface area contributed by atoms with Gasteiger partial charge in [-0.2, -0.15) is 21.6 Å². The highest BCUT2D eigenvalue weighted by atomic mass is 32.2. The molecule has 0 aromatic rings. The van der Waals surface area contributed by atoms with E-state index in [4.69, 9.17) is 0 Å². The van der Waals surface area contributed by atoms with Gasteiger partial charge < -0.3 is 10.6 Å². The third kappa shape index (κ3) is 5.54. The summed E-state index contributed by atoms with van der Waals surface area (Å²) in [6, 6.07) is -0.0518. The second-order valence-corrected chi connectivity index (χ2v) is 7.91. The molecule has 134 valence electrons. The molecule has 5 nitrogen and oxygen atoms in total. The van der Waals surface area contributed by atoms with Gasteiger partial charge in [0.05, 0.1) is 0 Å². The van der Waals surface area contributed by atoms with Crippen LogP contribution < -0.4 is 10.6 Å². The predicted octanol–water partition coefficient (Wildman–Crippen LogP) is 3.04. The van der Waals surface area contributed by atoms with Gasteiger partial charge >= 0.3 is 15.5 Å². The first-order valence-electron chi connectivity index (χ1n) is 8.22. The van der Waals surface area contributed by atoms with Gasteiger partial charge in [0.1, 0.15) is 0 Å². The van der Waals surface area contributed by atoms with Gasteiger partial charge in [0.25, 0.3) is 0 Å². The van der Waals surface area contributed by atoms with Crippen LogP contribution in [-0.2, 0) is 10.0 Å². The third-order valence-electron chi connectivity index (χ3n) is 4.40. The SMILES string of the molecule is O=S(=O)(N=C(NC1CCCCC1)NC1CCCCC1)C(F)(F)F. The zero-order chi connectivity index (χ0) is 16.9. The smallest absolute Gasteiger partial charge is 0.353 e. The van der Waals surface area contributed by atoms with Crippen LogP contribution in [0.5, 0.6) is 0 Å². The maximum atomic E-state index is 12.6. The molecule has 0 radical (unpaired) electrons. The minimum Gasteiger partial charge on any atom is -0.353 e. The van der Waals surface area contributed by atoms with Crippen LogP contribution in [-0.4, -0.2) is 32.0 Å². The van der Waals surface area contributed by atoms with Gasteiger partial charge in [-0.15, -0.1) is 4.40 Å². The Morgan fingerprint density at radius 3 is 1.57 bits per heavy atom. The molecule has 2 fully saturated rings. The van der Waals surface area contributed by atoms with Crippen molar-refractivity contribution in [3.8, 4) is 0 Å². The van der Waals surface area contributed by atoms with Crippen LogP contribution in [0.15, 0.2) is 4.40 Å². The molecule has 0 heterocycles. The van der Waals surface area contributed by atoms with Gasteiger partial charge in [0.15, 0.2) is 0 Å². The molecule has 9 heteroatoms. The van der Waals surface area contributed by atoms with Crippen molar-refractivity contribution in [1.82, 2.24) is 10.6 Å². The molecule has 2 aliphatic rings. The number of nitrogens with one attached hydrogen (secondary N) is 2. The summed E-state index contributed by atoms with van der Waals surface area (Å²) in [7, 11) is -5.54. The molecule has 2 rings (SSSR count). The molecule has 0 spiro atoms. The molecule has 2 N–H and O–H groups in total. The number of sulfonamides is 1. The maximum absolute atomic E-state index is 12.6. The van der Waals surface area contributed by atoms with Crippen molar-refractivity contribution in [3.63, 3.8) is 0 Å². The van der Waals surface area contributed by atoms with E-state index in [2.05, 4.69) is 15.0 Å². The standard InChI is InChI=1S/C14H24F3N3O2S/c15-14(16,17)23(21,22)20-13(18-11-7-3-1-4-8-11)19-12-9-5-2-6-10-12/h11-12H,1-10H2,(H2,18,19,20). The Bertz CT molecular complexity index is 486. The fourth-order valence-electron chi connectivity index (χ4n) is 3.15. The third-order valence-corrected chi connectivity index (χ3v) is 5.40. The Balaban J connectivity index is 2.12. The first kappa shape index (κ1) is 18.4. The average molecular weight is 355 g/mol. The molecule has 0 saturated heterocycles. The average Bonchev–Trinajstić information content (AvgIpc) is 2.47. The number of nitrogens with zero attached hydrogens (tertiary/aromatic N) is 1. The quantitative estimate of drug-likeness (QED) is 0.603. The van der Waals surface area contributed by atoms with Gasteiger partial charge in [0.2, 0.25) is 5.96 Å². The summed E-state index contributed by atoms with van der Waals surface area (Å²) in [4.78, 5) is 0. The lowest BCUT2D eigenvalue weighted by Gasteiger charge is -2.29. The molecule has 0 aromatic carbocycles. The lowest BCUT2D eigenvalue weighted by molar-refractivity contribution is -0.0435. The molecule has 0 atom stereocenters. The summed E-state index contributed by atoms with van der Waals surface area (Å²) in [5.41, 5.74) is -5.37. The fraction of sp³-hybridized carbons (Fsp3) is 0.929. The second-order valence-electron chi connectivity index (χ2n) is 6.32. The summed E-state index contributed by atoms with van der Waals surface area (Å²) in [5, 5.41) is 5.78. The molecule has 2 aliphatic carbocycles. The van der Waals surface area contributed by atoms with Gasteiger partial charge in [-0.05, 0) is 25.7 Å². The Kier molecular flexibility index (Phi) is 6.16. The molecule has 2 saturated carbocycles. The Morgan fingerprint density at radius 2 is 1.22 bits per heavy atom.